The second kappa shape index (κ2) is 3.80. The van der Waals surface area contributed by atoms with Crippen LogP contribution in [-0.2, 0) is 12.8 Å². The van der Waals surface area contributed by atoms with Crippen LogP contribution in [0.3, 0.4) is 0 Å². The Morgan fingerprint density at radius 3 is 2.94 bits per heavy atom. The van der Waals surface area contributed by atoms with Crippen molar-refractivity contribution in [3.8, 4) is 6.07 Å². The second-order valence-electron chi connectivity index (χ2n) is 3.99. The van der Waals surface area contributed by atoms with E-state index in [1.165, 1.54) is 33.6 Å². The topological polar surface area (TPSA) is 23.8 Å². The number of thiophene rings is 1. The highest BCUT2D eigenvalue weighted by molar-refractivity contribution is 7.98. The molecule has 0 unspecified atom stereocenters. The number of thioether (sulfide) groups is 1. The number of fused-ring (bicyclic) bond motifs is 3. The van der Waals surface area contributed by atoms with E-state index in [2.05, 4.69) is 23.8 Å². The predicted molar refractivity (Wildman–Crippen MR) is 70.3 cm³/mol. The standard InChI is InChI=1S/C13H11NS2/c1-15-12-8-3-2-4-9(8)13-10(5-6-16-13)11(12)7-14/h5-6H,2-4H2,1H3. The molecule has 16 heavy (non-hydrogen) atoms. The molecule has 1 aliphatic rings. The molecule has 0 saturated carbocycles. The minimum Gasteiger partial charge on any atom is -0.192 e. The third-order valence-corrected chi connectivity index (χ3v) is 5.08. The molecule has 80 valence electrons. The molecular weight excluding hydrogens is 234 g/mol. The van der Waals surface area contributed by atoms with Crippen molar-refractivity contribution in [2.24, 2.45) is 0 Å². The first kappa shape index (κ1) is 10.2. The van der Waals surface area contributed by atoms with Gasteiger partial charge < -0.3 is 0 Å². The van der Waals surface area contributed by atoms with Crippen LogP contribution in [0.2, 0.25) is 0 Å². The first-order chi connectivity index (χ1) is 7.86. The number of rotatable bonds is 1. The van der Waals surface area contributed by atoms with E-state index < -0.39 is 0 Å². The van der Waals surface area contributed by atoms with Gasteiger partial charge in [0.25, 0.3) is 0 Å². The molecule has 2 aromatic rings. The molecule has 3 heteroatoms. The lowest BCUT2D eigenvalue weighted by Crippen LogP contribution is -1.92. The van der Waals surface area contributed by atoms with Crippen molar-refractivity contribution in [1.82, 2.24) is 0 Å². The van der Waals surface area contributed by atoms with Gasteiger partial charge in [0.1, 0.15) is 6.07 Å². The highest BCUT2D eigenvalue weighted by Crippen LogP contribution is 2.41. The van der Waals surface area contributed by atoms with Gasteiger partial charge in [0.2, 0.25) is 0 Å². The van der Waals surface area contributed by atoms with Gasteiger partial charge in [-0.3, -0.25) is 0 Å². The van der Waals surface area contributed by atoms with Gasteiger partial charge in [-0.05, 0) is 48.1 Å². The Hall–Kier alpha value is -0.980. The Morgan fingerprint density at radius 2 is 2.19 bits per heavy atom. The van der Waals surface area contributed by atoms with E-state index in [1.54, 1.807) is 23.1 Å². The molecule has 0 aliphatic heterocycles. The fourth-order valence-electron chi connectivity index (χ4n) is 2.59. The van der Waals surface area contributed by atoms with Crippen LogP contribution in [0.25, 0.3) is 10.1 Å². The van der Waals surface area contributed by atoms with Crippen molar-refractivity contribution in [1.29, 1.82) is 5.26 Å². The monoisotopic (exact) mass is 245 g/mol. The van der Waals surface area contributed by atoms with Crippen LogP contribution < -0.4 is 0 Å². The zero-order chi connectivity index (χ0) is 11.1. The number of aryl methyl sites for hydroxylation is 1. The van der Waals surface area contributed by atoms with Crippen LogP contribution in [0.15, 0.2) is 16.3 Å². The van der Waals surface area contributed by atoms with E-state index in [-0.39, 0.29) is 0 Å². The normalized spacial score (nSPS) is 14.0. The maximum absolute atomic E-state index is 9.34. The van der Waals surface area contributed by atoms with Crippen LogP contribution in [0.5, 0.6) is 0 Å². The van der Waals surface area contributed by atoms with Gasteiger partial charge in [-0.2, -0.15) is 5.26 Å². The summed E-state index contributed by atoms with van der Waals surface area (Å²) in [5.74, 6) is 0. The molecular formula is C13H11NS2. The first-order valence-corrected chi connectivity index (χ1v) is 7.46. The average molecular weight is 245 g/mol. The number of nitrogens with zero attached hydrogens (tertiary/aromatic N) is 1. The largest absolute Gasteiger partial charge is 0.192 e. The Balaban J connectivity index is 2.50. The Morgan fingerprint density at radius 1 is 1.38 bits per heavy atom. The summed E-state index contributed by atoms with van der Waals surface area (Å²) in [5, 5.41) is 12.6. The van der Waals surface area contributed by atoms with Crippen LogP contribution >= 0.6 is 23.1 Å². The van der Waals surface area contributed by atoms with Crippen molar-refractivity contribution in [3.05, 3.63) is 28.1 Å². The van der Waals surface area contributed by atoms with E-state index in [9.17, 15) is 5.26 Å². The van der Waals surface area contributed by atoms with Crippen molar-refractivity contribution >= 4 is 33.2 Å². The van der Waals surface area contributed by atoms with Gasteiger partial charge in [0.15, 0.2) is 0 Å². The molecule has 0 bridgehead atoms. The molecule has 0 fully saturated rings. The Kier molecular flexibility index (Phi) is 2.42. The molecule has 1 aromatic carbocycles. The minimum absolute atomic E-state index is 0.893. The second-order valence-corrected chi connectivity index (χ2v) is 5.73. The van der Waals surface area contributed by atoms with E-state index in [0.29, 0.717) is 0 Å². The smallest absolute Gasteiger partial charge is 0.101 e. The average Bonchev–Trinajstić information content (AvgIpc) is 2.93. The number of benzene rings is 1. The fraction of sp³-hybridized carbons (Fsp3) is 0.308. The quantitative estimate of drug-likeness (QED) is 0.709. The lowest BCUT2D eigenvalue weighted by molar-refractivity contribution is 0.907. The number of hydrogen-bond donors (Lipinski definition) is 0. The van der Waals surface area contributed by atoms with Gasteiger partial charge >= 0.3 is 0 Å². The van der Waals surface area contributed by atoms with Crippen LogP contribution in [-0.4, -0.2) is 6.26 Å². The molecule has 1 nitrogen and oxygen atoms in total. The Labute approximate surface area is 103 Å². The summed E-state index contributed by atoms with van der Waals surface area (Å²) in [6.07, 6.45) is 5.65. The highest BCUT2D eigenvalue weighted by Gasteiger charge is 2.22. The number of hydrogen-bond acceptors (Lipinski definition) is 3. The number of nitriles is 1. The lowest BCUT2D eigenvalue weighted by atomic mass is 10.0. The summed E-state index contributed by atoms with van der Waals surface area (Å²) in [6.45, 7) is 0. The molecule has 0 atom stereocenters. The lowest BCUT2D eigenvalue weighted by Gasteiger charge is -2.10. The third kappa shape index (κ3) is 1.24. The maximum Gasteiger partial charge on any atom is 0.101 e. The summed E-state index contributed by atoms with van der Waals surface area (Å²) in [4.78, 5) is 1.22. The predicted octanol–water partition coefficient (Wildman–Crippen LogP) is 3.98. The van der Waals surface area contributed by atoms with Gasteiger partial charge in [-0.1, -0.05) is 0 Å². The molecule has 0 spiro atoms. The maximum atomic E-state index is 9.34. The van der Waals surface area contributed by atoms with Gasteiger partial charge in [0, 0.05) is 15.0 Å². The zero-order valence-electron chi connectivity index (χ0n) is 9.04. The van der Waals surface area contributed by atoms with Crippen LogP contribution in [0, 0.1) is 11.3 Å². The zero-order valence-corrected chi connectivity index (χ0v) is 10.7. The van der Waals surface area contributed by atoms with Crippen molar-refractivity contribution in [3.63, 3.8) is 0 Å². The summed E-state index contributed by atoms with van der Waals surface area (Å²) in [5.41, 5.74) is 3.84. The molecule has 0 amide bonds. The minimum atomic E-state index is 0.893. The van der Waals surface area contributed by atoms with Gasteiger partial charge in [0.05, 0.1) is 5.56 Å². The summed E-state index contributed by atoms with van der Waals surface area (Å²) in [6, 6.07) is 4.49. The Bertz CT molecular complexity index is 604. The molecule has 3 rings (SSSR count). The van der Waals surface area contributed by atoms with E-state index >= 15 is 0 Å². The fourth-order valence-corrected chi connectivity index (χ4v) is 4.43. The summed E-state index contributed by atoms with van der Waals surface area (Å²) >= 11 is 3.51. The van der Waals surface area contributed by atoms with Crippen LogP contribution in [0.1, 0.15) is 23.1 Å². The van der Waals surface area contributed by atoms with Gasteiger partial charge in [-0.25, -0.2) is 0 Å². The van der Waals surface area contributed by atoms with Crippen molar-refractivity contribution < 1.29 is 0 Å². The highest BCUT2D eigenvalue weighted by atomic mass is 32.2. The van der Waals surface area contributed by atoms with E-state index in [4.69, 9.17) is 0 Å². The molecule has 1 aliphatic carbocycles. The van der Waals surface area contributed by atoms with E-state index in [1.807, 2.05) is 0 Å². The van der Waals surface area contributed by atoms with Gasteiger partial charge in [-0.15, -0.1) is 23.1 Å². The molecule has 1 heterocycles. The van der Waals surface area contributed by atoms with Crippen molar-refractivity contribution in [2.45, 2.75) is 24.2 Å². The molecule has 1 aromatic heterocycles. The van der Waals surface area contributed by atoms with Crippen LogP contribution in [0.4, 0.5) is 0 Å². The first-order valence-electron chi connectivity index (χ1n) is 5.35. The summed E-state index contributed by atoms with van der Waals surface area (Å²) < 4.78 is 1.35. The SMILES string of the molecule is CSc1c2c(c3sccc3c1C#N)CCC2. The summed E-state index contributed by atoms with van der Waals surface area (Å²) in [7, 11) is 0. The molecule has 0 radical (unpaired) electrons. The molecule has 0 N–H and O–H groups in total. The van der Waals surface area contributed by atoms with Crippen molar-refractivity contribution in [2.75, 3.05) is 6.26 Å². The van der Waals surface area contributed by atoms with E-state index in [0.717, 1.165) is 17.4 Å². The third-order valence-electron chi connectivity index (χ3n) is 3.24. The molecule has 0 saturated heterocycles.